The van der Waals surface area contributed by atoms with Crippen molar-refractivity contribution in [2.24, 2.45) is 0 Å². The first-order chi connectivity index (χ1) is 13.7. The number of halogens is 3. The summed E-state index contributed by atoms with van der Waals surface area (Å²) < 4.78 is 37.2. The zero-order valence-electron chi connectivity index (χ0n) is 15.1. The van der Waals surface area contributed by atoms with Crippen LogP contribution in [0.4, 0.5) is 18.9 Å². The van der Waals surface area contributed by atoms with E-state index >= 15 is 0 Å². The number of H-pyrrole nitrogens is 1. The summed E-state index contributed by atoms with van der Waals surface area (Å²) in [6.45, 7) is 1.72. The summed E-state index contributed by atoms with van der Waals surface area (Å²) in [5.41, 5.74) is 1.72. The number of aromatic amines is 1. The average molecular weight is 397 g/mol. The lowest BCUT2D eigenvalue weighted by Gasteiger charge is -2.08. The number of carbonyl (C=O) groups is 2. The molecule has 0 bridgehead atoms. The van der Waals surface area contributed by atoms with Crippen LogP contribution < -0.4 is 5.32 Å². The van der Waals surface area contributed by atoms with E-state index in [2.05, 4.69) is 4.98 Å². The van der Waals surface area contributed by atoms with Gasteiger partial charge in [-0.15, -0.1) is 0 Å². The smallest absolute Gasteiger partial charge is 0.358 e. The number of aromatic nitrogens is 1. The van der Waals surface area contributed by atoms with Gasteiger partial charge in [0.05, 0.1) is 5.56 Å². The van der Waals surface area contributed by atoms with Crippen LogP contribution in [0.1, 0.15) is 21.6 Å². The maximum atomic E-state index is 12.9. The number of hydrogen-bond donors (Lipinski definition) is 2. The van der Waals surface area contributed by atoms with Crippen LogP contribution in [-0.4, -0.2) is 22.9 Å². The van der Waals surface area contributed by atoms with Crippen molar-refractivity contribution < 1.29 is 22.8 Å². The van der Waals surface area contributed by atoms with Gasteiger partial charge in [0.2, 0.25) is 5.78 Å². The zero-order chi connectivity index (χ0) is 21.2. The lowest BCUT2D eigenvalue weighted by Crippen LogP contribution is -2.29. The largest absolute Gasteiger partial charge is 0.471 e. The minimum absolute atomic E-state index is 0.103. The van der Waals surface area contributed by atoms with Crippen molar-refractivity contribution in [3.05, 3.63) is 70.9 Å². The Labute approximate surface area is 163 Å². The van der Waals surface area contributed by atoms with Crippen molar-refractivity contribution in [1.29, 1.82) is 5.26 Å². The molecule has 0 aliphatic heterocycles. The maximum absolute atomic E-state index is 12.9. The molecule has 0 aliphatic rings. The fourth-order valence-corrected chi connectivity index (χ4v) is 2.93. The second kappa shape index (κ2) is 7.64. The number of allylic oxidation sites excluding steroid dienone is 1. The summed E-state index contributed by atoms with van der Waals surface area (Å²) in [6, 6.07) is 14.4. The highest BCUT2D eigenvalue weighted by Crippen LogP contribution is 2.26. The normalized spacial score (nSPS) is 11.9. The summed E-state index contributed by atoms with van der Waals surface area (Å²) in [7, 11) is 0. The van der Waals surface area contributed by atoms with Crippen LogP contribution in [0.15, 0.2) is 54.1 Å². The number of nitrogens with zero attached hydrogens (tertiary/aromatic N) is 1. The number of ketones is 1. The van der Waals surface area contributed by atoms with Gasteiger partial charge in [0.25, 0.3) is 0 Å². The van der Waals surface area contributed by atoms with Gasteiger partial charge in [0.15, 0.2) is 0 Å². The van der Waals surface area contributed by atoms with Crippen molar-refractivity contribution in [3.63, 3.8) is 0 Å². The summed E-state index contributed by atoms with van der Waals surface area (Å²) in [6.07, 6.45) is -3.75. The molecule has 0 atom stereocenters. The van der Waals surface area contributed by atoms with Gasteiger partial charge in [-0.2, -0.15) is 18.4 Å². The zero-order valence-corrected chi connectivity index (χ0v) is 15.1. The Morgan fingerprint density at radius 2 is 1.86 bits per heavy atom. The molecule has 1 heterocycles. The number of hydrogen-bond acceptors (Lipinski definition) is 3. The molecule has 3 rings (SSSR count). The molecule has 1 aromatic heterocycles. The van der Waals surface area contributed by atoms with Crippen molar-refractivity contribution in [2.75, 3.05) is 5.32 Å². The number of nitriles is 1. The SMILES string of the molecule is Cc1[nH]c2ccccc2c1C(=O)/C(C#N)=C/c1cccc(NC(=O)C(F)(F)F)c1. The number of anilines is 1. The molecule has 0 fully saturated rings. The molecule has 0 unspecified atom stereocenters. The number of carbonyl (C=O) groups excluding carboxylic acids is 2. The van der Waals surface area contributed by atoms with Crippen LogP contribution in [0.3, 0.4) is 0 Å². The number of para-hydroxylation sites is 1. The molecule has 29 heavy (non-hydrogen) atoms. The Kier molecular flexibility index (Phi) is 5.24. The van der Waals surface area contributed by atoms with Gasteiger partial charge in [-0.05, 0) is 36.8 Å². The van der Waals surface area contributed by atoms with Crippen molar-refractivity contribution >= 4 is 34.4 Å². The summed E-state index contributed by atoms with van der Waals surface area (Å²) in [5, 5.41) is 11.9. The van der Waals surface area contributed by atoms with E-state index in [0.29, 0.717) is 22.2 Å². The summed E-state index contributed by atoms with van der Waals surface area (Å²) in [5.74, 6) is -2.61. The minimum atomic E-state index is -5.02. The second-order valence-electron chi connectivity index (χ2n) is 6.25. The van der Waals surface area contributed by atoms with E-state index in [4.69, 9.17) is 0 Å². The molecule has 0 radical (unpaired) electrons. The third kappa shape index (κ3) is 4.19. The topological polar surface area (TPSA) is 85.8 Å². The number of amides is 1. The van der Waals surface area contributed by atoms with Crippen molar-refractivity contribution in [3.8, 4) is 6.07 Å². The predicted octanol–water partition coefficient (Wildman–Crippen LogP) is 4.77. The fraction of sp³-hybridized carbons (Fsp3) is 0.0952. The lowest BCUT2D eigenvalue weighted by atomic mass is 9.99. The van der Waals surface area contributed by atoms with Crippen molar-refractivity contribution in [2.45, 2.75) is 13.1 Å². The Bertz CT molecular complexity index is 1180. The molecule has 5 nitrogen and oxygen atoms in total. The minimum Gasteiger partial charge on any atom is -0.358 e. The monoisotopic (exact) mass is 397 g/mol. The van der Waals surface area contributed by atoms with Gasteiger partial charge in [-0.3, -0.25) is 9.59 Å². The van der Waals surface area contributed by atoms with Gasteiger partial charge in [-0.1, -0.05) is 30.3 Å². The van der Waals surface area contributed by atoms with Crippen LogP contribution in [0.25, 0.3) is 17.0 Å². The Morgan fingerprint density at radius 3 is 2.55 bits per heavy atom. The second-order valence-corrected chi connectivity index (χ2v) is 6.25. The van der Waals surface area contributed by atoms with E-state index in [-0.39, 0.29) is 11.3 Å². The highest BCUT2D eigenvalue weighted by molar-refractivity contribution is 6.20. The van der Waals surface area contributed by atoms with E-state index in [0.717, 1.165) is 5.52 Å². The van der Waals surface area contributed by atoms with E-state index in [1.165, 1.54) is 30.3 Å². The molecule has 2 aromatic carbocycles. The van der Waals surface area contributed by atoms with E-state index in [1.807, 2.05) is 18.2 Å². The Hall–Kier alpha value is -3.86. The average Bonchev–Trinajstić information content (AvgIpc) is 3.00. The van der Waals surface area contributed by atoms with Gasteiger partial charge < -0.3 is 10.3 Å². The Morgan fingerprint density at radius 1 is 1.14 bits per heavy atom. The Balaban J connectivity index is 1.95. The fourth-order valence-electron chi connectivity index (χ4n) is 2.93. The van der Waals surface area contributed by atoms with Crippen LogP contribution >= 0.6 is 0 Å². The molecule has 146 valence electrons. The number of rotatable bonds is 4. The predicted molar refractivity (Wildman–Crippen MR) is 102 cm³/mol. The number of alkyl halides is 3. The van der Waals surface area contributed by atoms with Gasteiger partial charge in [0.1, 0.15) is 11.6 Å². The quantitative estimate of drug-likeness (QED) is 0.378. The first kappa shape index (κ1) is 19.9. The summed E-state index contributed by atoms with van der Waals surface area (Å²) in [4.78, 5) is 27.1. The van der Waals surface area contributed by atoms with Gasteiger partial charge >= 0.3 is 12.1 Å². The van der Waals surface area contributed by atoms with Crippen LogP contribution in [-0.2, 0) is 4.79 Å². The lowest BCUT2D eigenvalue weighted by molar-refractivity contribution is -0.167. The molecule has 0 aliphatic carbocycles. The van der Waals surface area contributed by atoms with E-state index in [9.17, 15) is 28.0 Å². The summed E-state index contributed by atoms with van der Waals surface area (Å²) >= 11 is 0. The number of benzene rings is 2. The van der Waals surface area contributed by atoms with Gasteiger partial charge in [-0.25, -0.2) is 0 Å². The van der Waals surface area contributed by atoms with E-state index in [1.54, 1.807) is 24.4 Å². The van der Waals surface area contributed by atoms with Crippen LogP contribution in [0.2, 0.25) is 0 Å². The highest BCUT2D eigenvalue weighted by Gasteiger charge is 2.38. The third-order valence-electron chi connectivity index (χ3n) is 4.20. The van der Waals surface area contributed by atoms with Crippen LogP contribution in [0, 0.1) is 18.3 Å². The van der Waals surface area contributed by atoms with Crippen LogP contribution in [0.5, 0.6) is 0 Å². The number of nitrogens with one attached hydrogen (secondary N) is 2. The first-order valence-corrected chi connectivity index (χ1v) is 8.42. The number of Topliss-reactive ketones (excluding diaryl/α,β-unsaturated/α-hetero) is 1. The molecule has 1 amide bonds. The van der Waals surface area contributed by atoms with E-state index < -0.39 is 17.9 Å². The molecule has 0 saturated heterocycles. The molecule has 0 spiro atoms. The third-order valence-corrected chi connectivity index (χ3v) is 4.20. The molecule has 0 saturated carbocycles. The molecule has 3 aromatic rings. The first-order valence-electron chi connectivity index (χ1n) is 8.42. The van der Waals surface area contributed by atoms with Gasteiger partial charge in [0, 0.05) is 22.3 Å². The highest BCUT2D eigenvalue weighted by atomic mass is 19.4. The standard InChI is InChI=1S/C21H14F3N3O2/c1-12-18(16-7-2-3-8-17(16)26-12)19(28)14(11-25)9-13-5-4-6-15(10-13)27-20(29)21(22,23)24/h2-10,26H,1H3,(H,27,29)/b14-9+. The van der Waals surface area contributed by atoms with Crippen molar-refractivity contribution in [1.82, 2.24) is 4.98 Å². The number of aryl methyl sites for hydroxylation is 1. The molecule has 8 heteroatoms. The molecule has 2 N–H and O–H groups in total. The molecular weight excluding hydrogens is 383 g/mol. The number of fused-ring (bicyclic) bond motifs is 1. The molecular formula is C21H14F3N3O2. The maximum Gasteiger partial charge on any atom is 0.471 e.